The van der Waals surface area contributed by atoms with E-state index in [1.54, 1.807) is 6.07 Å². The predicted molar refractivity (Wildman–Crippen MR) is 130 cm³/mol. The van der Waals surface area contributed by atoms with Crippen LogP contribution < -0.4 is 5.32 Å². The average molecular weight is 469 g/mol. The highest BCUT2D eigenvalue weighted by Crippen LogP contribution is 2.32. The Morgan fingerprint density at radius 3 is 2.70 bits per heavy atom. The molecule has 7 nitrogen and oxygen atoms in total. The third kappa shape index (κ3) is 5.28. The van der Waals surface area contributed by atoms with E-state index in [1.807, 2.05) is 30.0 Å². The monoisotopic (exact) mass is 468 g/mol. The Labute approximate surface area is 195 Å². The zero-order chi connectivity index (χ0) is 23.6. The summed E-state index contributed by atoms with van der Waals surface area (Å²) in [5, 5.41) is 3.73. The van der Waals surface area contributed by atoms with Crippen molar-refractivity contribution < 1.29 is 13.2 Å². The third-order valence-electron chi connectivity index (χ3n) is 6.64. The minimum Gasteiger partial charge on any atom is -0.334 e. The van der Waals surface area contributed by atoms with Crippen LogP contribution in [0.15, 0.2) is 53.4 Å². The van der Waals surface area contributed by atoms with Gasteiger partial charge in [0, 0.05) is 30.9 Å². The number of rotatable bonds is 7. The molecule has 1 fully saturated rings. The van der Waals surface area contributed by atoms with Gasteiger partial charge in [-0.3, -0.25) is 4.79 Å². The topological polar surface area (TPSA) is 95.2 Å². The van der Waals surface area contributed by atoms with Crippen LogP contribution in [-0.2, 0) is 16.4 Å². The standard InChI is InChI=1S/C25H32N4O3S/c1-4-29(19-11-8-14-25(2,16-19)26-17-18-9-6-5-7-10-18)24(30)23-27-21-13-12-20(33(3,31)32)15-22(21)28-23/h5-7,9-10,12-13,15,19,26H,4,8,11,14,16-17H2,1-3H3,(H,27,28)/t19-,25?/m0/s1. The summed E-state index contributed by atoms with van der Waals surface area (Å²) in [5.41, 5.74) is 2.33. The number of H-pyrrole nitrogens is 1. The van der Waals surface area contributed by atoms with Crippen molar-refractivity contribution in [3.05, 3.63) is 59.9 Å². The van der Waals surface area contributed by atoms with Gasteiger partial charge >= 0.3 is 0 Å². The summed E-state index contributed by atoms with van der Waals surface area (Å²) in [5.74, 6) is 0.105. The number of sulfone groups is 1. The molecule has 0 bridgehead atoms. The summed E-state index contributed by atoms with van der Waals surface area (Å²) >= 11 is 0. The van der Waals surface area contributed by atoms with Crippen molar-refractivity contribution in [2.24, 2.45) is 0 Å². The minimum atomic E-state index is -3.33. The van der Waals surface area contributed by atoms with E-state index in [9.17, 15) is 13.2 Å². The van der Waals surface area contributed by atoms with Crippen LogP contribution in [0.3, 0.4) is 0 Å². The molecule has 176 valence electrons. The quantitative estimate of drug-likeness (QED) is 0.548. The van der Waals surface area contributed by atoms with E-state index in [-0.39, 0.29) is 28.2 Å². The van der Waals surface area contributed by atoms with Crippen LogP contribution in [0.25, 0.3) is 11.0 Å². The van der Waals surface area contributed by atoms with Crippen molar-refractivity contribution in [1.29, 1.82) is 0 Å². The van der Waals surface area contributed by atoms with Gasteiger partial charge < -0.3 is 15.2 Å². The number of hydrogen-bond acceptors (Lipinski definition) is 5. The number of amides is 1. The summed E-state index contributed by atoms with van der Waals surface area (Å²) in [7, 11) is -3.33. The van der Waals surface area contributed by atoms with Crippen LogP contribution in [-0.4, -0.2) is 53.6 Å². The second-order valence-electron chi connectivity index (χ2n) is 9.28. The van der Waals surface area contributed by atoms with Crippen molar-refractivity contribution in [1.82, 2.24) is 20.2 Å². The molecule has 3 aromatic rings. The van der Waals surface area contributed by atoms with Crippen molar-refractivity contribution >= 4 is 26.8 Å². The molecule has 1 amide bonds. The Bertz CT molecular complexity index is 1240. The Morgan fingerprint density at radius 2 is 2.00 bits per heavy atom. The number of benzene rings is 2. The molecule has 1 aliphatic carbocycles. The second kappa shape index (κ2) is 9.27. The molecule has 8 heteroatoms. The van der Waals surface area contributed by atoms with Gasteiger partial charge in [0.05, 0.1) is 15.9 Å². The molecule has 0 saturated heterocycles. The summed E-state index contributed by atoms with van der Waals surface area (Å²) in [6, 6.07) is 15.2. The average Bonchev–Trinajstić information content (AvgIpc) is 3.22. The Kier molecular flexibility index (Phi) is 6.59. The van der Waals surface area contributed by atoms with Crippen molar-refractivity contribution in [2.75, 3.05) is 12.8 Å². The van der Waals surface area contributed by atoms with E-state index in [0.29, 0.717) is 17.6 Å². The number of nitrogens with one attached hydrogen (secondary N) is 2. The summed E-state index contributed by atoms with van der Waals surface area (Å²) < 4.78 is 23.7. The number of carbonyl (C=O) groups excluding carboxylic acids is 1. The lowest BCUT2D eigenvalue weighted by molar-refractivity contribution is 0.0564. The molecule has 33 heavy (non-hydrogen) atoms. The highest BCUT2D eigenvalue weighted by molar-refractivity contribution is 7.90. The first-order chi connectivity index (χ1) is 15.7. The zero-order valence-electron chi connectivity index (χ0n) is 19.5. The Balaban J connectivity index is 1.50. The number of aromatic amines is 1. The van der Waals surface area contributed by atoms with Gasteiger partial charge in [-0.15, -0.1) is 0 Å². The van der Waals surface area contributed by atoms with Crippen LogP contribution in [0.2, 0.25) is 0 Å². The van der Waals surface area contributed by atoms with E-state index >= 15 is 0 Å². The maximum Gasteiger partial charge on any atom is 0.289 e. The lowest BCUT2D eigenvalue weighted by Crippen LogP contribution is -2.52. The van der Waals surface area contributed by atoms with Gasteiger partial charge in [-0.05, 0) is 63.3 Å². The van der Waals surface area contributed by atoms with Crippen molar-refractivity contribution in [2.45, 2.75) is 62.6 Å². The lowest BCUT2D eigenvalue weighted by Gasteiger charge is -2.43. The molecular weight excluding hydrogens is 436 g/mol. The smallest absolute Gasteiger partial charge is 0.289 e. The van der Waals surface area contributed by atoms with Crippen LogP contribution >= 0.6 is 0 Å². The van der Waals surface area contributed by atoms with Crippen molar-refractivity contribution in [3.8, 4) is 0 Å². The first-order valence-electron chi connectivity index (χ1n) is 11.5. The van der Waals surface area contributed by atoms with E-state index in [1.165, 1.54) is 24.0 Å². The number of aromatic nitrogens is 2. The van der Waals surface area contributed by atoms with Gasteiger partial charge in [-0.25, -0.2) is 13.4 Å². The first kappa shape index (κ1) is 23.4. The van der Waals surface area contributed by atoms with Crippen LogP contribution in [0, 0.1) is 0 Å². The lowest BCUT2D eigenvalue weighted by atomic mass is 9.79. The molecule has 1 heterocycles. The van der Waals surface area contributed by atoms with E-state index in [4.69, 9.17) is 0 Å². The molecule has 0 aliphatic heterocycles. The molecule has 0 spiro atoms. The molecule has 1 aromatic heterocycles. The van der Waals surface area contributed by atoms with Gasteiger partial charge in [-0.2, -0.15) is 0 Å². The first-order valence-corrected chi connectivity index (χ1v) is 13.4. The maximum atomic E-state index is 13.4. The largest absolute Gasteiger partial charge is 0.334 e. The Hall–Kier alpha value is -2.71. The SMILES string of the molecule is CCN(C(=O)c1nc2ccc(S(C)(=O)=O)cc2[nH]1)[C@H]1CCCC(C)(NCc2ccccc2)C1. The van der Waals surface area contributed by atoms with Crippen molar-refractivity contribution in [3.63, 3.8) is 0 Å². The normalized spacial score (nSPS) is 21.2. The molecule has 0 radical (unpaired) electrons. The number of carbonyl (C=O) groups is 1. The van der Waals surface area contributed by atoms with Crippen LogP contribution in [0.4, 0.5) is 0 Å². The number of hydrogen-bond donors (Lipinski definition) is 2. The highest BCUT2D eigenvalue weighted by atomic mass is 32.2. The number of imidazole rings is 1. The van der Waals surface area contributed by atoms with Gasteiger partial charge in [0.25, 0.3) is 5.91 Å². The maximum absolute atomic E-state index is 13.4. The number of fused-ring (bicyclic) bond motifs is 1. The summed E-state index contributed by atoms with van der Waals surface area (Å²) in [6.45, 7) is 5.63. The van der Waals surface area contributed by atoms with E-state index in [2.05, 4.69) is 34.3 Å². The fourth-order valence-electron chi connectivity index (χ4n) is 4.81. The van der Waals surface area contributed by atoms with Gasteiger partial charge in [0.2, 0.25) is 0 Å². The summed E-state index contributed by atoms with van der Waals surface area (Å²) in [4.78, 5) is 23.0. The van der Waals surface area contributed by atoms with Gasteiger partial charge in [-0.1, -0.05) is 30.3 Å². The predicted octanol–water partition coefficient (Wildman–Crippen LogP) is 3.92. The molecule has 1 aliphatic rings. The summed E-state index contributed by atoms with van der Waals surface area (Å²) in [6.07, 6.45) is 5.12. The second-order valence-corrected chi connectivity index (χ2v) is 11.3. The molecule has 2 atom stereocenters. The molecular formula is C25H32N4O3S. The fourth-order valence-corrected chi connectivity index (χ4v) is 5.46. The van der Waals surface area contributed by atoms with Crippen LogP contribution in [0.5, 0.6) is 0 Å². The van der Waals surface area contributed by atoms with E-state index in [0.717, 1.165) is 32.2 Å². The molecule has 2 aromatic carbocycles. The Morgan fingerprint density at radius 1 is 1.24 bits per heavy atom. The highest BCUT2D eigenvalue weighted by Gasteiger charge is 2.36. The minimum absolute atomic E-state index is 0.0509. The molecule has 2 N–H and O–H groups in total. The fraction of sp³-hybridized carbons (Fsp3) is 0.440. The van der Waals surface area contributed by atoms with Gasteiger partial charge in [0.1, 0.15) is 0 Å². The molecule has 4 rings (SSSR count). The number of nitrogens with zero attached hydrogens (tertiary/aromatic N) is 2. The zero-order valence-corrected chi connectivity index (χ0v) is 20.3. The van der Waals surface area contributed by atoms with Crippen LogP contribution in [0.1, 0.15) is 55.7 Å². The molecule has 1 unspecified atom stereocenters. The third-order valence-corrected chi connectivity index (χ3v) is 7.75. The molecule has 1 saturated carbocycles. The van der Waals surface area contributed by atoms with E-state index < -0.39 is 9.84 Å². The van der Waals surface area contributed by atoms with Gasteiger partial charge in [0.15, 0.2) is 15.7 Å².